The zero-order chi connectivity index (χ0) is 45.7. The summed E-state index contributed by atoms with van der Waals surface area (Å²) in [5, 5.41) is 46.0. The fourth-order valence-electron chi connectivity index (χ4n) is 14.2. The summed E-state index contributed by atoms with van der Waals surface area (Å²) in [4.78, 5) is 46.1. The number of esters is 1. The average molecular weight is 911 g/mol. The zero-order valence-electron chi connectivity index (χ0n) is 37.8. The van der Waals surface area contributed by atoms with E-state index < -0.39 is 100 Å². The van der Waals surface area contributed by atoms with Crippen LogP contribution in [0.5, 0.6) is 0 Å². The maximum absolute atomic E-state index is 12.8. The van der Waals surface area contributed by atoms with Crippen molar-refractivity contribution in [2.75, 3.05) is 6.61 Å². The first-order valence-electron chi connectivity index (χ1n) is 23.3. The third kappa shape index (κ3) is 8.33. The molecule has 4 aliphatic carbocycles. The normalized spacial score (nSPS) is 50.8. The van der Waals surface area contributed by atoms with Crippen molar-refractivity contribution < 1.29 is 77.5 Å². The summed E-state index contributed by atoms with van der Waals surface area (Å²) in [5.74, 6) is -1.44. The number of fused-ring (bicyclic) bond motifs is 6. The Bertz CT molecular complexity index is 1810. The maximum Gasteiger partial charge on any atom is 0.331 e. The van der Waals surface area contributed by atoms with E-state index in [1.165, 1.54) is 6.08 Å². The number of ether oxygens (including phenoxy) is 9. The molecule has 0 bridgehead atoms. The lowest BCUT2D eigenvalue weighted by atomic mass is 9.43. The third-order valence-corrected chi connectivity index (χ3v) is 17.0. The Morgan fingerprint density at radius 3 is 2.09 bits per heavy atom. The van der Waals surface area contributed by atoms with Gasteiger partial charge in [0.2, 0.25) is 0 Å². The first kappa shape index (κ1) is 46.3. The monoisotopic (exact) mass is 910 g/mol. The Balaban J connectivity index is 0.805. The molecule has 0 radical (unpaired) electrons. The van der Waals surface area contributed by atoms with E-state index in [2.05, 4.69) is 6.92 Å². The molecule has 8 fully saturated rings. The molecular weight excluding hydrogens is 844 g/mol. The number of rotatable bonds is 11. The van der Waals surface area contributed by atoms with Crippen molar-refractivity contribution in [3.63, 3.8) is 0 Å². The first-order valence-corrected chi connectivity index (χ1v) is 23.3. The molecule has 0 unspecified atom stereocenters. The number of hydrogen-bond donors (Lipinski definition) is 2. The molecule has 9 aliphatic rings. The summed E-state index contributed by atoms with van der Waals surface area (Å²) in [7, 11) is 0. The van der Waals surface area contributed by atoms with Crippen molar-refractivity contribution in [2.45, 2.75) is 216 Å². The minimum absolute atomic E-state index is 0.0326. The molecule has 20 nitrogen and oxygen atoms in total. The number of carbonyl (C=O) groups is 1. The van der Waals surface area contributed by atoms with Crippen LogP contribution in [0, 0.1) is 54.7 Å². The number of aliphatic hydroxyl groups is 2. The van der Waals surface area contributed by atoms with E-state index in [0.717, 1.165) is 32.1 Å². The lowest BCUT2D eigenvalue weighted by molar-refractivity contribution is -0.773. The fraction of sp³-hybridized carbons (Fsp3) is 0.932. The number of cyclic esters (lactones) is 1. The van der Waals surface area contributed by atoms with Crippen molar-refractivity contribution in [2.24, 2.45) is 34.5 Å². The molecule has 2 N–H and O–H groups in total. The quantitative estimate of drug-likeness (QED) is 0.126. The molecule has 0 spiro atoms. The Morgan fingerprint density at radius 1 is 0.750 bits per heavy atom. The van der Waals surface area contributed by atoms with Crippen LogP contribution in [0.2, 0.25) is 0 Å². The van der Waals surface area contributed by atoms with Gasteiger partial charge in [-0.15, -0.1) is 20.2 Å². The predicted octanol–water partition coefficient (Wildman–Crippen LogP) is 4.45. The van der Waals surface area contributed by atoms with Gasteiger partial charge in [0.1, 0.15) is 37.1 Å². The molecule has 21 atom stereocenters. The average Bonchev–Trinajstić information content (AvgIpc) is 3.83. The number of carbonyl (C=O) groups excluding carboxylic acids is 1. The van der Waals surface area contributed by atoms with E-state index >= 15 is 0 Å². The second-order valence-corrected chi connectivity index (χ2v) is 21.1. The Morgan fingerprint density at radius 2 is 1.41 bits per heavy atom. The summed E-state index contributed by atoms with van der Waals surface area (Å²) >= 11 is 0. The molecule has 64 heavy (non-hydrogen) atoms. The summed E-state index contributed by atoms with van der Waals surface area (Å²) in [6, 6.07) is 0. The molecule has 20 heteroatoms. The summed E-state index contributed by atoms with van der Waals surface area (Å²) in [6.07, 6.45) is -1.92. The van der Waals surface area contributed by atoms with Gasteiger partial charge in [-0.25, -0.2) is 4.79 Å². The van der Waals surface area contributed by atoms with Crippen LogP contribution in [-0.2, 0) is 57.1 Å². The van der Waals surface area contributed by atoms with Crippen molar-refractivity contribution in [1.82, 2.24) is 0 Å². The zero-order valence-corrected chi connectivity index (χ0v) is 37.8. The van der Waals surface area contributed by atoms with E-state index in [1.807, 2.05) is 27.7 Å². The van der Waals surface area contributed by atoms with Crippen LogP contribution in [0.3, 0.4) is 0 Å². The molecule has 5 aliphatic heterocycles. The molecule has 0 aromatic heterocycles. The lowest BCUT2D eigenvalue weighted by Gasteiger charge is -2.63. The van der Waals surface area contributed by atoms with Crippen molar-refractivity contribution in [3.8, 4) is 0 Å². The SMILES string of the molecule is C[C@H]1O[C@@H](O[C@H]2CC[C@@]3(C)[C@H](CC[C@@H]4[C@@H]3CC[C@]3(C)[C@@H](C5=CC(=O)OC5)[C@@H](O[N+](=O)[O-])C[C@]43O)C2)C[C@H](O[N+](=O)[O-])[C@@H]1O[C@H]1C[C@H](O)[C@H](O[C@H]2C[C@@H]3OC(C)(C)O[C@@H]3[C@@H](C)O2)[C@@H](C)O1. The topological polar surface area (TPSA) is 245 Å². The van der Waals surface area contributed by atoms with Crippen LogP contribution < -0.4 is 0 Å². The summed E-state index contributed by atoms with van der Waals surface area (Å²) < 4.78 is 55.1. The van der Waals surface area contributed by atoms with Gasteiger partial charge in [0, 0.05) is 43.1 Å². The highest BCUT2D eigenvalue weighted by Gasteiger charge is 2.71. The predicted molar refractivity (Wildman–Crippen MR) is 216 cm³/mol. The maximum atomic E-state index is 12.8. The van der Waals surface area contributed by atoms with Crippen molar-refractivity contribution in [3.05, 3.63) is 31.9 Å². The molecule has 4 saturated carbocycles. The van der Waals surface area contributed by atoms with Gasteiger partial charge in [0.15, 0.2) is 24.7 Å². The number of aliphatic hydroxyl groups excluding tert-OH is 1. The van der Waals surface area contributed by atoms with Crippen LogP contribution in [-0.4, -0.2) is 130 Å². The van der Waals surface area contributed by atoms with Crippen molar-refractivity contribution in [1.29, 1.82) is 0 Å². The minimum Gasteiger partial charge on any atom is -0.458 e. The van der Waals surface area contributed by atoms with Gasteiger partial charge in [-0.1, -0.05) is 13.8 Å². The largest absolute Gasteiger partial charge is 0.458 e. The second kappa shape index (κ2) is 17.1. The first-order chi connectivity index (χ1) is 30.2. The Hall–Kier alpha value is -2.79. The fourth-order valence-corrected chi connectivity index (χ4v) is 14.2. The molecule has 360 valence electrons. The van der Waals surface area contributed by atoms with Crippen LogP contribution in [0.4, 0.5) is 0 Å². The summed E-state index contributed by atoms with van der Waals surface area (Å²) in [5.41, 5.74) is -1.48. The minimum atomic E-state index is -1.24. The van der Waals surface area contributed by atoms with Crippen LogP contribution in [0.15, 0.2) is 11.6 Å². The Kier molecular flexibility index (Phi) is 12.4. The van der Waals surface area contributed by atoms with E-state index in [4.69, 9.17) is 52.3 Å². The molecule has 5 heterocycles. The van der Waals surface area contributed by atoms with Crippen LogP contribution in [0.25, 0.3) is 0 Å². The molecule has 9 rings (SSSR count). The van der Waals surface area contributed by atoms with Gasteiger partial charge in [0.05, 0.1) is 42.2 Å². The van der Waals surface area contributed by atoms with Crippen LogP contribution >= 0.6 is 0 Å². The summed E-state index contributed by atoms with van der Waals surface area (Å²) in [6.45, 7) is 13.5. The highest BCUT2D eigenvalue weighted by molar-refractivity contribution is 5.85. The molecular formula is C44H66N2O18. The molecule has 0 amide bonds. The van der Waals surface area contributed by atoms with Gasteiger partial charge in [-0.3, -0.25) is 0 Å². The van der Waals surface area contributed by atoms with E-state index in [9.17, 15) is 35.2 Å². The van der Waals surface area contributed by atoms with Crippen LogP contribution in [0.1, 0.15) is 119 Å². The standard InChI is InChI=1S/C44H66N2O18/c1-21-38(59-36-17-30-40(23(3)57-36)62-41(4,5)61-30)29(47)16-34(55-21)60-39-22(2)56-35(18-31(39)63-45(50)51)58-26-10-12-42(6)25(15-26)8-9-28-27(42)11-13-43(7)37(24-14-33(48)54-20-24)32(64-46(52)53)19-44(28,43)49/h14,21-23,25-32,34-40,47,49H,8-13,15-20H2,1-7H3/t21-,22-,23-,25-,26+,27+,28-,29+,30+,31+,32+,34+,35+,36+,37+,38-,39-,40-,42+,43-,44+/m1/s1. The van der Waals surface area contributed by atoms with Gasteiger partial charge in [0.25, 0.3) is 10.2 Å². The van der Waals surface area contributed by atoms with Crippen molar-refractivity contribution >= 4 is 5.97 Å². The Labute approximate surface area is 372 Å². The lowest BCUT2D eigenvalue weighted by Crippen LogP contribution is -2.62. The second-order valence-electron chi connectivity index (χ2n) is 21.1. The van der Waals surface area contributed by atoms with Gasteiger partial charge < -0.3 is 62.5 Å². The number of nitrogens with zero attached hydrogens (tertiary/aromatic N) is 2. The van der Waals surface area contributed by atoms with E-state index in [0.29, 0.717) is 24.8 Å². The number of hydrogen-bond acceptors (Lipinski definition) is 18. The smallest absolute Gasteiger partial charge is 0.331 e. The van der Waals surface area contributed by atoms with E-state index in [-0.39, 0.29) is 73.5 Å². The molecule has 4 saturated heterocycles. The third-order valence-electron chi connectivity index (χ3n) is 17.0. The van der Waals surface area contributed by atoms with E-state index in [1.54, 1.807) is 13.8 Å². The van der Waals surface area contributed by atoms with Gasteiger partial charge in [-0.05, 0) is 108 Å². The molecule has 0 aromatic rings. The highest BCUT2D eigenvalue weighted by Crippen LogP contribution is 2.70. The van der Waals surface area contributed by atoms with Gasteiger partial charge in [-0.2, -0.15) is 0 Å². The highest BCUT2D eigenvalue weighted by atomic mass is 17.0. The molecule has 0 aromatic carbocycles. The van der Waals surface area contributed by atoms with Gasteiger partial charge >= 0.3 is 5.97 Å².